The fourth-order valence-corrected chi connectivity index (χ4v) is 5.36. The molecule has 1 saturated heterocycles. The quantitative estimate of drug-likeness (QED) is 0.313. The van der Waals surface area contributed by atoms with E-state index in [9.17, 15) is 18.0 Å². The molecule has 0 unspecified atom stereocenters. The molecule has 2 N–H and O–H groups in total. The molecule has 1 saturated carbocycles. The third kappa shape index (κ3) is 5.84. The SMILES string of the molecule is O=C(NCc1cc2nc(-c3cc(F)cc(N4CCNC5(CC5)C4)n3)ccc2cn1)c1cccc(SC(F)F)c1. The number of fused-ring (bicyclic) bond motifs is 1. The summed E-state index contributed by atoms with van der Waals surface area (Å²) in [6, 6.07) is 14.4. The molecule has 1 aliphatic carbocycles. The van der Waals surface area contributed by atoms with Crippen molar-refractivity contribution in [2.75, 3.05) is 24.5 Å². The maximum absolute atomic E-state index is 14.7. The largest absolute Gasteiger partial charge is 0.353 e. The Hall–Kier alpha value is -3.70. The molecule has 2 aliphatic rings. The van der Waals surface area contributed by atoms with E-state index in [0.717, 1.165) is 37.9 Å². The minimum Gasteiger partial charge on any atom is -0.353 e. The molecule has 0 radical (unpaired) electrons. The Labute approximate surface area is 227 Å². The molecule has 1 aliphatic heterocycles. The third-order valence-corrected chi connectivity index (χ3v) is 7.68. The van der Waals surface area contributed by atoms with Gasteiger partial charge in [0, 0.05) is 59.3 Å². The van der Waals surface area contributed by atoms with Gasteiger partial charge in [-0.15, -0.1) is 0 Å². The number of carbonyl (C=O) groups is 1. The molecule has 6 rings (SSSR count). The first kappa shape index (κ1) is 25.6. The van der Waals surface area contributed by atoms with Gasteiger partial charge in [-0.1, -0.05) is 17.8 Å². The molecule has 7 nitrogen and oxygen atoms in total. The normalized spacial score (nSPS) is 16.2. The van der Waals surface area contributed by atoms with E-state index in [4.69, 9.17) is 9.97 Å². The summed E-state index contributed by atoms with van der Waals surface area (Å²) in [6.07, 6.45) is 3.91. The number of anilines is 1. The van der Waals surface area contributed by atoms with Crippen LogP contribution in [0.2, 0.25) is 0 Å². The summed E-state index contributed by atoms with van der Waals surface area (Å²) < 4.78 is 40.0. The third-order valence-electron chi connectivity index (χ3n) is 6.97. The Balaban J connectivity index is 1.19. The van der Waals surface area contributed by atoms with Crippen LogP contribution in [-0.4, -0.2) is 51.8 Å². The number of alkyl halides is 2. The maximum Gasteiger partial charge on any atom is 0.288 e. The number of halogens is 3. The monoisotopic (exact) mass is 550 g/mol. The maximum atomic E-state index is 14.7. The van der Waals surface area contributed by atoms with E-state index < -0.39 is 11.7 Å². The van der Waals surface area contributed by atoms with E-state index >= 15 is 0 Å². The molecule has 11 heteroatoms. The number of aromatic nitrogens is 3. The number of piperazine rings is 1. The Bertz CT molecular complexity index is 1550. The van der Waals surface area contributed by atoms with Crippen molar-refractivity contribution in [3.05, 3.63) is 77.9 Å². The fraction of sp³-hybridized carbons (Fsp3) is 0.286. The second-order valence-electron chi connectivity index (χ2n) is 9.81. The van der Waals surface area contributed by atoms with Crippen LogP contribution in [0.4, 0.5) is 19.0 Å². The van der Waals surface area contributed by atoms with Crippen LogP contribution in [0.3, 0.4) is 0 Å². The van der Waals surface area contributed by atoms with Gasteiger partial charge in [0.2, 0.25) is 0 Å². The highest BCUT2D eigenvalue weighted by atomic mass is 32.2. The number of thioether (sulfide) groups is 1. The molecule has 3 aromatic heterocycles. The Morgan fingerprint density at radius 1 is 1.10 bits per heavy atom. The van der Waals surface area contributed by atoms with E-state index in [1.165, 1.54) is 24.3 Å². The lowest BCUT2D eigenvalue weighted by atomic mass is 10.1. The van der Waals surface area contributed by atoms with Crippen LogP contribution in [0.5, 0.6) is 0 Å². The Kier molecular flexibility index (Phi) is 6.86. The van der Waals surface area contributed by atoms with Crippen molar-refractivity contribution in [1.29, 1.82) is 0 Å². The molecule has 4 heterocycles. The van der Waals surface area contributed by atoms with Crippen LogP contribution in [0.15, 0.2) is 65.7 Å². The van der Waals surface area contributed by atoms with Crippen LogP contribution in [0.1, 0.15) is 28.9 Å². The van der Waals surface area contributed by atoms with Gasteiger partial charge in [-0.3, -0.25) is 9.78 Å². The fourth-order valence-electron chi connectivity index (χ4n) is 4.80. The Morgan fingerprint density at radius 2 is 1.97 bits per heavy atom. The van der Waals surface area contributed by atoms with Gasteiger partial charge in [0.1, 0.15) is 11.6 Å². The second kappa shape index (κ2) is 10.5. The number of nitrogens with zero attached hydrogens (tertiary/aromatic N) is 4. The zero-order chi connectivity index (χ0) is 27.0. The van der Waals surface area contributed by atoms with Crippen LogP contribution >= 0.6 is 11.8 Å². The number of rotatable bonds is 7. The van der Waals surface area contributed by atoms with Crippen molar-refractivity contribution in [3.8, 4) is 11.4 Å². The zero-order valence-electron chi connectivity index (χ0n) is 20.8. The summed E-state index contributed by atoms with van der Waals surface area (Å²) in [5.41, 5.74) is 2.61. The number of hydrogen-bond acceptors (Lipinski definition) is 7. The van der Waals surface area contributed by atoms with E-state index in [1.807, 2.05) is 6.07 Å². The molecule has 4 aromatic rings. The summed E-state index contributed by atoms with van der Waals surface area (Å²) in [5.74, 6) is -2.72. The van der Waals surface area contributed by atoms with Crippen LogP contribution in [0, 0.1) is 5.82 Å². The van der Waals surface area contributed by atoms with Crippen molar-refractivity contribution in [1.82, 2.24) is 25.6 Å². The predicted molar refractivity (Wildman–Crippen MR) is 144 cm³/mol. The number of pyridine rings is 3. The van der Waals surface area contributed by atoms with Crippen molar-refractivity contribution >= 4 is 34.4 Å². The smallest absolute Gasteiger partial charge is 0.288 e. The van der Waals surface area contributed by atoms with Crippen LogP contribution < -0.4 is 15.5 Å². The molecular formula is C28H25F3N6OS. The second-order valence-corrected chi connectivity index (χ2v) is 10.9. The van der Waals surface area contributed by atoms with E-state index in [-0.39, 0.29) is 23.5 Å². The number of carbonyl (C=O) groups excluding carboxylic acids is 1. The molecular weight excluding hydrogens is 525 g/mol. The minimum atomic E-state index is -2.56. The standard InChI is InChI=1S/C28H25F3N6OS/c29-19-11-24(36-25(12-19)37-9-8-34-28(16-37)6-7-28)22-5-4-18-14-32-20(13-23(18)35-22)15-33-26(38)17-2-1-3-21(10-17)39-27(30)31/h1-5,10-14,27,34H,6-9,15-16H2,(H,33,38). The lowest BCUT2D eigenvalue weighted by Crippen LogP contribution is -2.52. The van der Waals surface area contributed by atoms with Crippen LogP contribution in [0.25, 0.3) is 22.3 Å². The van der Waals surface area contributed by atoms with E-state index in [0.29, 0.717) is 45.1 Å². The van der Waals surface area contributed by atoms with Gasteiger partial charge in [-0.05, 0) is 49.2 Å². The average molecular weight is 551 g/mol. The zero-order valence-corrected chi connectivity index (χ0v) is 21.6. The summed E-state index contributed by atoms with van der Waals surface area (Å²) in [7, 11) is 0. The van der Waals surface area contributed by atoms with Gasteiger partial charge in [0.05, 0.1) is 29.1 Å². The highest BCUT2D eigenvalue weighted by Crippen LogP contribution is 2.38. The summed E-state index contributed by atoms with van der Waals surface area (Å²) in [5, 5.41) is 7.12. The summed E-state index contributed by atoms with van der Waals surface area (Å²) in [4.78, 5) is 28.9. The van der Waals surface area contributed by atoms with Gasteiger partial charge < -0.3 is 15.5 Å². The summed E-state index contributed by atoms with van der Waals surface area (Å²) >= 11 is 0.390. The van der Waals surface area contributed by atoms with Crippen molar-refractivity contribution in [2.24, 2.45) is 0 Å². The topological polar surface area (TPSA) is 83.0 Å². The first-order valence-electron chi connectivity index (χ1n) is 12.6. The van der Waals surface area contributed by atoms with E-state index in [1.54, 1.807) is 30.5 Å². The molecule has 1 spiro atoms. The lowest BCUT2D eigenvalue weighted by Gasteiger charge is -2.35. The number of benzene rings is 1. The lowest BCUT2D eigenvalue weighted by molar-refractivity contribution is 0.0950. The van der Waals surface area contributed by atoms with Gasteiger partial charge in [-0.2, -0.15) is 8.78 Å². The van der Waals surface area contributed by atoms with Gasteiger partial charge in [0.25, 0.3) is 11.7 Å². The molecule has 0 atom stereocenters. The van der Waals surface area contributed by atoms with Gasteiger partial charge in [0.15, 0.2) is 0 Å². The number of hydrogen-bond donors (Lipinski definition) is 2. The van der Waals surface area contributed by atoms with Crippen molar-refractivity contribution < 1.29 is 18.0 Å². The molecule has 200 valence electrons. The van der Waals surface area contributed by atoms with Gasteiger partial charge >= 0.3 is 0 Å². The Morgan fingerprint density at radius 3 is 2.79 bits per heavy atom. The highest BCUT2D eigenvalue weighted by Gasteiger charge is 2.45. The molecule has 1 aromatic carbocycles. The van der Waals surface area contributed by atoms with Crippen LogP contribution in [-0.2, 0) is 6.54 Å². The predicted octanol–water partition coefficient (Wildman–Crippen LogP) is 5.02. The van der Waals surface area contributed by atoms with Crippen molar-refractivity contribution in [3.63, 3.8) is 0 Å². The number of nitrogens with one attached hydrogen (secondary N) is 2. The van der Waals surface area contributed by atoms with Crippen molar-refractivity contribution in [2.45, 2.75) is 35.6 Å². The molecule has 39 heavy (non-hydrogen) atoms. The molecule has 2 fully saturated rings. The van der Waals surface area contributed by atoms with E-state index in [2.05, 4.69) is 20.5 Å². The molecule has 0 bridgehead atoms. The number of amides is 1. The average Bonchev–Trinajstić information content (AvgIpc) is 3.68. The molecule has 1 amide bonds. The first-order valence-corrected chi connectivity index (χ1v) is 13.5. The highest BCUT2D eigenvalue weighted by molar-refractivity contribution is 7.99. The minimum absolute atomic E-state index is 0.125. The summed E-state index contributed by atoms with van der Waals surface area (Å²) in [6.45, 7) is 2.54. The first-order chi connectivity index (χ1) is 18.9. The van der Waals surface area contributed by atoms with Gasteiger partial charge in [-0.25, -0.2) is 14.4 Å².